The fraction of sp³-hybridized carbons (Fsp3) is 0.800. The maximum atomic E-state index is 13.7. The highest BCUT2D eigenvalue weighted by Gasteiger charge is 2.48. The number of carbonyl (C=O) groups excluding carboxylic acids is 2. The number of carbonyl (C=O) groups is 3. The number of rotatable bonds is 10. The van der Waals surface area contributed by atoms with E-state index in [-0.39, 0.29) is 17.9 Å². The van der Waals surface area contributed by atoms with Crippen LogP contribution in [0.4, 0.5) is 0 Å². The first-order valence-corrected chi connectivity index (χ1v) is 15.6. The van der Waals surface area contributed by atoms with Crippen molar-refractivity contribution in [2.24, 2.45) is 29.6 Å². The van der Waals surface area contributed by atoms with Crippen molar-refractivity contribution in [1.29, 1.82) is 0 Å². The maximum absolute atomic E-state index is 13.7. The lowest BCUT2D eigenvalue weighted by atomic mass is 9.54. The van der Waals surface area contributed by atoms with Gasteiger partial charge in [0.05, 0.1) is 19.3 Å². The predicted molar refractivity (Wildman–Crippen MR) is 148 cm³/mol. The molecular weight excluding hydrogens is 510 g/mol. The zero-order valence-electron chi connectivity index (χ0n) is 23.6. The van der Waals surface area contributed by atoms with Crippen LogP contribution in [0.3, 0.4) is 0 Å². The summed E-state index contributed by atoms with van der Waals surface area (Å²) in [5.74, 6) is 2.60. The third-order valence-corrected chi connectivity index (χ3v) is 10.4. The lowest BCUT2D eigenvalue weighted by Crippen LogP contribution is -2.55. The molecule has 0 radical (unpaired) electrons. The molecule has 5 aliphatic carbocycles. The number of carboxylic acids is 1. The Kier molecular flexibility index (Phi) is 8.32. The zero-order chi connectivity index (χ0) is 27.6. The predicted octanol–water partition coefficient (Wildman–Crippen LogP) is 3.02. The molecule has 6 fully saturated rings. The first-order valence-electron chi connectivity index (χ1n) is 15.6. The molecule has 4 bridgehead atoms. The Morgan fingerprint density at radius 2 is 1.60 bits per heavy atom. The van der Waals surface area contributed by atoms with Crippen molar-refractivity contribution in [3.8, 4) is 5.88 Å². The summed E-state index contributed by atoms with van der Waals surface area (Å²) >= 11 is 0. The lowest BCUT2D eigenvalue weighted by Gasteiger charge is -2.54. The van der Waals surface area contributed by atoms with Crippen LogP contribution >= 0.6 is 0 Å². The molecule has 1 aliphatic heterocycles. The van der Waals surface area contributed by atoms with E-state index in [0.29, 0.717) is 68.5 Å². The van der Waals surface area contributed by atoms with Gasteiger partial charge in [-0.25, -0.2) is 4.68 Å². The summed E-state index contributed by atoms with van der Waals surface area (Å²) in [6.45, 7) is 4.35. The van der Waals surface area contributed by atoms with Crippen LogP contribution in [0.15, 0.2) is 6.20 Å². The number of hydrogen-bond acceptors (Lipinski definition) is 6. The Morgan fingerprint density at radius 3 is 2.25 bits per heavy atom. The van der Waals surface area contributed by atoms with Gasteiger partial charge in [0.2, 0.25) is 11.8 Å². The van der Waals surface area contributed by atoms with Crippen molar-refractivity contribution >= 4 is 17.8 Å². The topological polar surface area (TPSA) is 117 Å². The van der Waals surface area contributed by atoms with Gasteiger partial charge in [0.15, 0.2) is 0 Å². The number of aromatic nitrogens is 2. The molecule has 0 unspecified atom stereocenters. The van der Waals surface area contributed by atoms with Gasteiger partial charge in [-0.3, -0.25) is 19.3 Å². The van der Waals surface area contributed by atoms with Gasteiger partial charge in [-0.05, 0) is 74.5 Å². The summed E-state index contributed by atoms with van der Waals surface area (Å²) in [7, 11) is 0. The van der Waals surface area contributed by atoms with Crippen molar-refractivity contribution in [1.82, 2.24) is 24.9 Å². The summed E-state index contributed by atoms with van der Waals surface area (Å²) < 4.78 is 8.26. The minimum absolute atomic E-state index is 0.0482. The number of nitrogens with zero attached hydrogens (tertiary/aromatic N) is 4. The van der Waals surface area contributed by atoms with Gasteiger partial charge in [0.1, 0.15) is 12.0 Å². The first kappa shape index (κ1) is 27.5. The van der Waals surface area contributed by atoms with Crippen LogP contribution in [0.25, 0.3) is 0 Å². The highest BCUT2D eigenvalue weighted by atomic mass is 16.5. The number of aliphatic carboxylic acids is 1. The largest absolute Gasteiger partial charge is 0.481 e. The van der Waals surface area contributed by atoms with Crippen LogP contribution in [0.5, 0.6) is 5.88 Å². The number of carboxylic acid groups (broad SMARTS) is 1. The zero-order valence-corrected chi connectivity index (χ0v) is 23.6. The summed E-state index contributed by atoms with van der Waals surface area (Å²) in [5.41, 5.74) is 0.550. The number of ether oxygens (including phenoxy) is 1. The Balaban J connectivity index is 1.09. The van der Waals surface area contributed by atoms with Crippen molar-refractivity contribution in [3.63, 3.8) is 0 Å². The van der Waals surface area contributed by atoms with Crippen LogP contribution in [-0.4, -0.2) is 87.8 Å². The molecule has 220 valence electrons. The van der Waals surface area contributed by atoms with Crippen molar-refractivity contribution in [3.05, 3.63) is 11.8 Å². The first-order chi connectivity index (χ1) is 19.4. The smallest absolute Gasteiger partial charge is 0.312 e. The monoisotopic (exact) mass is 555 g/mol. The molecule has 1 aromatic rings. The maximum Gasteiger partial charge on any atom is 0.312 e. The molecule has 2 amide bonds. The van der Waals surface area contributed by atoms with Crippen molar-refractivity contribution < 1.29 is 24.2 Å². The molecular formula is C30H45N5O5. The minimum atomic E-state index is -1.09. The van der Waals surface area contributed by atoms with E-state index < -0.39 is 12.4 Å². The highest BCUT2D eigenvalue weighted by molar-refractivity contribution is 5.96. The van der Waals surface area contributed by atoms with Gasteiger partial charge in [0, 0.05) is 38.8 Å². The van der Waals surface area contributed by atoms with Gasteiger partial charge in [-0.15, -0.1) is 0 Å². The SMILES string of the molecule is O=C(O)CC(=O)N1CCN(CCn2ncc(C(=O)NC3C4CC5CC(C4)CC3C5)c2OCC2CCCCC2)CC1. The van der Waals surface area contributed by atoms with E-state index in [1.54, 1.807) is 11.1 Å². The summed E-state index contributed by atoms with van der Waals surface area (Å²) in [6.07, 6.45) is 13.8. The molecule has 1 saturated heterocycles. The fourth-order valence-corrected chi connectivity index (χ4v) is 8.48. The summed E-state index contributed by atoms with van der Waals surface area (Å²) in [4.78, 5) is 40.5. The van der Waals surface area contributed by atoms with E-state index in [4.69, 9.17) is 9.84 Å². The van der Waals surface area contributed by atoms with E-state index in [1.165, 1.54) is 64.2 Å². The van der Waals surface area contributed by atoms with Gasteiger partial charge in [0.25, 0.3) is 5.91 Å². The molecule has 10 nitrogen and oxygen atoms in total. The van der Waals surface area contributed by atoms with Crippen LogP contribution in [0.1, 0.15) is 81.0 Å². The average molecular weight is 556 g/mol. The molecule has 10 heteroatoms. The van der Waals surface area contributed by atoms with E-state index in [1.807, 2.05) is 4.68 Å². The Labute approximate surface area is 236 Å². The van der Waals surface area contributed by atoms with Crippen LogP contribution in [-0.2, 0) is 16.1 Å². The van der Waals surface area contributed by atoms with Crippen LogP contribution in [0.2, 0.25) is 0 Å². The Bertz CT molecular complexity index is 1050. The summed E-state index contributed by atoms with van der Waals surface area (Å²) in [5, 5.41) is 17.0. The normalized spacial score (nSPS) is 30.4. The average Bonchev–Trinajstić information content (AvgIpc) is 3.35. The van der Waals surface area contributed by atoms with E-state index in [9.17, 15) is 14.4 Å². The molecule has 0 atom stereocenters. The second-order valence-corrected chi connectivity index (χ2v) is 13.1. The van der Waals surface area contributed by atoms with Crippen LogP contribution in [0, 0.1) is 29.6 Å². The molecule has 7 rings (SSSR count). The van der Waals surface area contributed by atoms with E-state index in [0.717, 1.165) is 18.4 Å². The van der Waals surface area contributed by atoms with Gasteiger partial charge < -0.3 is 20.1 Å². The minimum Gasteiger partial charge on any atom is -0.481 e. The lowest BCUT2D eigenvalue weighted by molar-refractivity contribution is -0.145. The van der Waals surface area contributed by atoms with E-state index in [2.05, 4.69) is 15.3 Å². The molecule has 0 aromatic carbocycles. The second-order valence-electron chi connectivity index (χ2n) is 13.1. The standard InChI is InChI=1S/C30H45N5O5/c36-26(17-27(37)38)34-9-6-33(7-10-34)8-11-35-30(40-19-20-4-2-1-3-5-20)25(18-31-35)29(39)32-28-23-13-21-12-22(15-23)16-24(28)14-21/h18,20-24,28H,1-17,19H2,(H,32,39)(H,37,38). The molecule has 2 N–H and O–H groups in total. The quantitative estimate of drug-likeness (QED) is 0.426. The van der Waals surface area contributed by atoms with E-state index >= 15 is 0 Å². The van der Waals surface area contributed by atoms with Gasteiger partial charge >= 0.3 is 5.97 Å². The summed E-state index contributed by atoms with van der Waals surface area (Å²) in [6, 6.07) is 0.273. The third kappa shape index (κ3) is 6.16. The van der Waals surface area contributed by atoms with Crippen molar-refractivity contribution in [2.75, 3.05) is 39.3 Å². The number of hydrogen-bond donors (Lipinski definition) is 2. The molecule has 0 spiro atoms. The third-order valence-electron chi connectivity index (χ3n) is 10.4. The number of nitrogens with one attached hydrogen (secondary N) is 1. The van der Waals surface area contributed by atoms with Gasteiger partial charge in [-0.2, -0.15) is 5.10 Å². The Morgan fingerprint density at radius 1 is 0.925 bits per heavy atom. The molecule has 6 aliphatic rings. The molecule has 5 saturated carbocycles. The second kappa shape index (κ2) is 12.1. The van der Waals surface area contributed by atoms with Gasteiger partial charge in [-0.1, -0.05) is 19.3 Å². The number of amides is 2. The molecule has 1 aromatic heterocycles. The highest BCUT2D eigenvalue weighted by Crippen LogP contribution is 2.53. The van der Waals surface area contributed by atoms with Crippen molar-refractivity contribution in [2.45, 2.75) is 83.2 Å². The fourth-order valence-electron chi connectivity index (χ4n) is 8.48. The number of piperazine rings is 1. The molecule has 40 heavy (non-hydrogen) atoms. The Hall–Kier alpha value is -2.62. The van der Waals surface area contributed by atoms with Crippen LogP contribution < -0.4 is 10.1 Å². The molecule has 2 heterocycles.